The monoisotopic (exact) mass is 604 g/mol. The summed E-state index contributed by atoms with van der Waals surface area (Å²) in [5, 5.41) is 0. The third-order valence-electron chi connectivity index (χ3n) is 9.91. The number of hydrogen-bond donors (Lipinski definition) is 0. The molecule has 2 heterocycles. The van der Waals surface area contributed by atoms with E-state index in [1.807, 2.05) is 60.7 Å². The van der Waals surface area contributed by atoms with Crippen LogP contribution >= 0.6 is 0 Å². The molecule has 0 atom stereocenters. The maximum Gasteiger partial charge on any atom is 0.338 e. The molecule has 6 nitrogen and oxygen atoms in total. The number of hydrogen-bond acceptors (Lipinski definition) is 6. The van der Waals surface area contributed by atoms with Gasteiger partial charge in [-0.25, -0.2) is 9.59 Å². The molecule has 0 unspecified atom stereocenters. The summed E-state index contributed by atoms with van der Waals surface area (Å²) >= 11 is 0. The van der Waals surface area contributed by atoms with Gasteiger partial charge >= 0.3 is 11.9 Å². The fourth-order valence-electron chi connectivity index (χ4n) is 8.31. The summed E-state index contributed by atoms with van der Waals surface area (Å²) in [7, 11) is 0. The Hall–Kier alpha value is -2.70. The molecule has 0 amide bonds. The summed E-state index contributed by atoms with van der Waals surface area (Å²) in [5.74, 6) is -0.445. The largest absolute Gasteiger partial charge is 0.459 e. The Morgan fingerprint density at radius 3 is 1.14 bits per heavy atom. The Labute approximate surface area is 266 Å². The third-order valence-corrected chi connectivity index (χ3v) is 9.91. The highest BCUT2D eigenvalue weighted by atomic mass is 16.5. The molecule has 0 aliphatic carbocycles. The number of benzene rings is 2. The molecular formula is C38H56N2O4. The topological polar surface area (TPSA) is 59.1 Å². The van der Waals surface area contributed by atoms with Crippen LogP contribution < -0.4 is 0 Å². The van der Waals surface area contributed by atoms with Crippen LogP contribution in [0.2, 0.25) is 0 Å². The zero-order valence-corrected chi connectivity index (χ0v) is 28.5. The quantitative estimate of drug-likeness (QED) is 0.190. The van der Waals surface area contributed by atoms with Gasteiger partial charge in [0.2, 0.25) is 0 Å². The number of likely N-dealkylation sites (tertiary alicyclic amines) is 2. The van der Waals surface area contributed by atoms with Gasteiger partial charge in [0.15, 0.2) is 0 Å². The number of ether oxygens (including phenoxy) is 2. The minimum absolute atomic E-state index is 0.0499. The van der Waals surface area contributed by atoms with Gasteiger partial charge in [0.05, 0.1) is 11.1 Å². The first-order valence-electron chi connectivity index (χ1n) is 16.7. The van der Waals surface area contributed by atoms with Crippen molar-refractivity contribution in [3.05, 3.63) is 71.8 Å². The fraction of sp³-hybridized carbons (Fsp3) is 0.632. The molecular weight excluding hydrogens is 548 g/mol. The van der Waals surface area contributed by atoms with E-state index in [1.54, 1.807) is 0 Å². The molecule has 44 heavy (non-hydrogen) atoms. The van der Waals surface area contributed by atoms with Gasteiger partial charge in [0.1, 0.15) is 12.2 Å². The van der Waals surface area contributed by atoms with E-state index in [4.69, 9.17) is 9.47 Å². The number of esters is 2. The number of carbonyl (C=O) groups excluding carboxylic acids is 2. The zero-order chi connectivity index (χ0) is 32.2. The van der Waals surface area contributed by atoms with Crippen molar-refractivity contribution in [3.63, 3.8) is 0 Å². The SMILES string of the molecule is CC1(C)CC(OC(=O)c2ccccc2)CC(C)(C)N1CCCCCCN1C(C)(C)CC(OC(=O)c2ccccc2)CC1(C)C. The van der Waals surface area contributed by atoms with Gasteiger partial charge in [0, 0.05) is 47.8 Å². The Kier molecular flexibility index (Phi) is 10.7. The molecule has 2 fully saturated rings. The number of rotatable bonds is 11. The molecule has 2 aliphatic rings. The van der Waals surface area contributed by atoms with Gasteiger partial charge < -0.3 is 9.47 Å². The highest BCUT2D eigenvalue weighted by Gasteiger charge is 2.47. The molecule has 0 N–H and O–H groups in total. The average molecular weight is 605 g/mol. The highest BCUT2D eigenvalue weighted by molar-refractivity contribution is 5.89. The molecule has 0 radical (unpaired) electrons. The lowest BCUT2D eigenvalue weighted by Crippen LogP contribution is -2.62. The van der Waals surface area contributed by atoms with Gasteiger partial charge in [-0.2, -0.15) is 0 Å². The van der Waals surface area contributed by atoms with Crippen molar-refractivity contribution in [2.75, 3.05) is 13.1 Å². The summed E-state index contributed by atoms with van der Waals surface area (Å²) in [5.41, 5.74) is 1.04. The van der Waals surface area contributed by atoms with Gasteiger partial charge in [-0.3, -0.25) is 9.80 Å². The van der Waals surface area contributed by atoms with Crippen LogP contribution in [0.4, 0.5) is 0 Å². The summed E-state index contributed by atoms with van der Waals surface area (Å²) in [6.07, 6.45) is 7.92. The van der Waals surface area contributed by atoms with E-state index in [0.29, 0.717) is 11.1 Å². The number of unbranched alkanes of at least 4 members (excludes halogenated alkanes) is 3. The van der Waals surface area contributed by atoms with Crippen molar-refractivity contribution < 1.29 is 19.1 Å². The van der Waals surface area contributed by atoms with Crippen LogP contribution in [-0.4, -0.2) is 69.2 Å². The lowest BCUT2D eigenvalue weighted by Gasteiger charge is -2.55. The molecule has 6 heteroatoms. The molecule has 0 saturated carbocycles. The van der Waals surface area contributed by atoms with Crippen molar-refractivity contribution in [2.24, 2.45) is 0 Å². The molecule has 0 spiro atoms. The van der Waals surface area contributed by atoms with Crippen molar-refractivity contribution in [3.8, 4) is 0 Å². The van der Waals surface area contributed by atoms with Crippen LogP contribution in [0.3, 0.4) is 0 Å². The summed E-state index contributed by atoms with van der Waals surface area (Å²) in [6, 6.07) is 18.6. The minimum atomic E-state index is -0.223. The molecule has 0 aromatic heterocycles. The Bertz CT molecular complexity index is 1100. The minimum Gasteiger partial charge on any atom is -0.459 e. The summed E-state index contributed by atoms with van der Waals surface area (Å²) in [6.45, 7) is 20.5. The molecule has 0 bridgehead atoms. The average Bonchev–Trinajstić information content (AvgIpc) is 2.92. The predicted molar refractivity (Wildman–Crippen MR) is 178 cm³/mol. The van der Waals surface area contributed by atoms with Crippen molar-refractivity contribution in [1.29, 1.82) is 0 Å². The van der Waals surface area contributed by atoms with Gasteiger partial charge in [-0.05, 0) is 106 Å². The maximum absolute atomic E-state index is 12.7. The van der Waals surface area contributed by atoms with Crippen LogP contribution in [0.15, 0.2) is 60.7 Å². The Morgan fingerprint density at radius 1 is 0.545 bits per heavy atom. The molecule has 4 rings (SSSR count). The highest BCUT2D eigenvalue weighted by Crippen LogP contribution is 2.41. The first-order chi connectivity index (χ1) is 20.6. The van der Waals surface area contributed by atoms with Crippen molar-refractivity contribution >= 4 is 11.9 Å². The first kappa shape index (κ1) is 34.2. The first-order valence-corrected chi connectivity index (χ1v) is 16.7. The van der Waals surface area contributed by atoms with Gasteiger partial charge in [0.25, 0.3) is 0 Å². The standard InChI is InChI=1S/C38H56N2O4/c1-35(2)25-31(43-33(41)29-19-13-11-14-20-29)26-36(3,4)39(35)23-17-9-10-18-24-40-37(5,6)27-32(28-38(40,7)8)44-34(42)30-21-15-12-16-22-30/h11-16,19-22,31-32H,9-10,17-18,23-28H2,1-8H3. The lowest BCUT2D eigenvalue weighted by atomic mass is 9.77. The van der Waals surface area contributed by atoms with Crippen LogP contribution in [0.1, 0.15) is 127 Å². The van der Waals surface area contributed by atoms with Crippen LogP contribution in [0.5, 0.6) is 0 Å². The maximum atomic E-state index is 12.7. The van der Waals surface area contributed by atoms with E-state index < -0.39 is 0 Å². The van der Waals surface area contributed by atoms with Crippen LogP contribution in [0.25, 0.3) is 0 Å². The molecule has 242 valence electrons. The van der Waals surface area contributed by atoms with Gasteiger partial charge in [-0.1, -0.05) is 49.2 Å². The second-order valence-electron chi connectivity index (χ2n) is 15.6. The van der Waals surface area contributed by atoms with E-state index in [2.05, 4.69) is 65.2 Å². The second-order valence-corrected chi connectivity index (χ2v) is 15.6. The summed E-state index contributed by atoms with van der Waals surface area (Å²) in [4.78, 5) is 30.8. The summed E-state index contributed by atoms with van der Waals surface area (Å²) < 4.78 is 12.0. The second kappa shape index (κ2) is 13.7. The normalized spacial score (nSPS) is 21.9. The van der Waals surface area contributed by atoms with Crippen LogP contribution in [-0.2, 0) is 9.47 Å². The van der Waals surface area contributed by atoms with E-state index >= 15 is 0 Å². The molecule has 2 aliphatic heterocycles. The van der Waals surface area contributed by atoms with E-state index in [1.165, 1.54) is 12.8 Å². The Morgan fingerprint density at radius 2 is 0.841 bits per heavy atom. The predicted octanol–water partition coefficient (Wildman–Crippen LogP) is 8.30. The van der Waals surface area contributed by atoms with E-state index in [-0.39, 0.29) is 46.3 Å². The number of nitrogens with zero attached hydrogens (tertiary/aromatic N) is 2. The van der Waals surface area contributed by atoms with Crippen molar-refractivity contribution in [1.82, 2.24) is 9.80 Å². The molecule has 2 aromatic rings. The molecule has 2 aromatic carbocycles. The lowest BCUT2D eigenvalue weighted by molar-refractivity contribution is -0.0897. The third kappa shape index (κ3) is 8.51. The smallest absolute Gasteiger partial charge is 0.338 e. The Balaban J connectivity index is 1.22. The fourth-order valence-corrected chi connectivity index (χ4v) is 8.31. The number of piperidine rings is 2. The van der Waals surface area contributed by atoms with Crippen molar-refractivity contribution in [2.45, 2.75) is 141 Å². The van der Waals surface area contributed by atoms with E-state index in [0.717, 1.165) is 51.6 Å². The molecule has 2 saturated heterocycles. The van der Waals surface area contributed by atoms with Gasteiger partial charge in [-0.15, -0.1) is 0 Å². The van der Waals surface area contributed by atoms with E-state index in [9.17, 15) is 9.59 Å². The number of carbonyl (C=O) groups is 2. The zero-order valence-electron chi connectivity index (χ0n) is 28.5. The van der Waals surface area contributed by atoms with Crippen LogP contribution in [0, 0.1) is 0 Å².